The van der Waals surface area contributed by atoms with Gasteiger partial charge in [0.1, 0.15) is 18.1 Å². The first-order valence-corrected chi connectivity index (χ1v) is 12.6. The Labute approximate surface area is 222 Å². The van der Waals surface area contributed by atoms with Gasteiger partial charge in [-0.2, -0.15) is 0 Å². The molecule has 1 heterocycles. The van der Waals surface area contributed by atoms with Crippen molar-refractivity contribution in [3.8, 4) is 5.75 Å². The second-order valence-corrected chi connectivity index (χ2v) is 9.89. The number of hydrogen-bond donors (Lipinski definition) is 1. The number of carbonyl (C=O) groups excluding carboxylic acids is 2. The third kappa shape index (κ3) is 6.04. The van der Waals surface area contributed by atoms with Crippen LogP contribution in [0, 0.1) is 6.92 Å². The molecule has 0 bridgehead atoms. The van der Waals surface area contributed by atoms with Crippen molar-refractivity contribution in [2.75, 3.05) is 27.2 Å². The summed E-state index contributed by atoms with van der Waals surface area (Å²) in [6, 6.07) is 21.5. The summed E-state index contributed by atoms with van der Waals surface area (Å²) in [7, 11) is 3.92. The fourth-order valence-corrected chi connectivity index (χ4v) is 4.66. The highest BCUT2D eigenvalue weighted by Crippen LogP contribution is 2.40. The van der Waals surface area contributed by atoms with E-state index in [4.69, 9.17) is 16.3 Å². The molecule has 1 aliphatic rings. The quantitative estimate of drug-likeness (QED) is 0.227. The molecular formula is C30H31ClN2O4. The molecule has 3 aromatic carbocycles. The van der Waals surface area contributed by atoms with Crippen LogP contribution in [0.1, 0.15) is 34.7 Å². The van der Waals surface area contributed by atoms with Crippen LogP contribution in [-0.4, -0.2) is 53.8 Å². The van der Waals surface area contributed by atoms with E-state index in [2.05, 4.69) is 0 Å². The predicted molar refractivity (Wildman–Crippen MR) is 146 cm³/mol. The molecular weight excluding hydrogens is 488 g/mol. The van der Waals surface area contributed by atoms with Gasteiger partial charge in [-0.3, -0.25) is 9.59 Å². The molecule has 1 atom stereocenters. The molecule has 0 spiro atoms. The summed E-state index contributed by atoms with van der Waals surface area (Å²) < 4.78 is 5.91. The Morgan fingerprint density at radius 2 is 1.73 bits per heavy atom. The normalized spacial score (nSPS) is 17.0. The second-order valence-electron chi connectivity index (χ2n) is 9.45. The first kappa shape index (κ1) is 26.5. The summed E-state index contributed by atoms with van der Waals surface area (Å²) in [6.07, 6.45) is 0.691. The van der Waals surface area contributed by atoms with E-state index < -0.39 is 17.7 Å². The van der Waals surface area contributed by atoms with Crippen LogP contribution in [0.5, 0.6) is 5.75 Å². The van der Waals surface area contributed by atoms with Crippen LogP contribution in [0.3, 0.4) is 0 Å². The van der Waals surface area contributed by atoms with E-state index in [1.54, 1.807) is 41.3 Å². The van der Waals surface area contributed by atoms with Gasteiger partial charge >= 0.3 is 0 Å². The monoisotopic (exact) mass is 518 g/mol. The number of aliphatic hydroxyl groups excluding tert-OH is 1. The van der Waals surface area contributed by atoms with Crippen molar-refractivity contribution >= 4 is 29.1 Å². The van der Waals surface area contributed by atoms with Gasteiger partial charge in [-0.1, -0.05) is 54.1 Å². The smallest absolute Gasteiger partial charge is 0.295 e. The van der Waals surface area contributed by atoms with E-state index in [0.717, 1.165) is 23.2 Å². The first-order valence-electron chi connectivity index (χ1n) is 12.2. The van der Waals surface area contributed by atoms with E-state index in [0.29, 0.717) is 35.9 Å². The van der Waals surface area contributed by atoms with Gasteiger partial charge in [0.2, 0.25) is 0 Å². The Morgan fingerprint density at radius 3 is 2.38 bits per heavy atom. The Kier molecular flexibility index (Phi) is 8.31. The van der Waals surface area contributed by atoms with Crippen molar-refractivity contribution in [1.29, 1.82) is 0 Å². The number of hydrogen-bond acceptors (Lipinski definition) is 5. The molecule has 0 unspecified atom stereocenters. The average Bonchev–Trinajstić information content (AvgIpc) is 3.13. The van der Waals surface area contributed by atoms with Crippen LogP contribution >= 0.6 is 11.6 Å². The zero-order chi connectivity index (χ0) is 26.5. The molecule has 1 aliphatic heterocycles. The molecule has 6 nitrogen and oxygen atoms in total. The second kappa shape index (κ2) is 11.6. The van der Waals surface area contributed by atoms with Crippen molar-refractivity contribution in [3.05, 3.63) is 106 Å². The van der Waals surface area contributed by atoms with Crippen LogP contribution in [0.25, 0.3) is 5.76 Å². The van der Waals surface area contributed by atoms with E-state index in [9.17, 15) is 14.7 Å². The largest absolute Gasteiger partial charge is 0.507 e. The van der Waals surface area contributed by atoms with Gasteiger partial charge in [-0.05, 0) is 81.0 Å². The van der Waals surface area contributed by atoms with Gasteiger partial charge < -0.3 is 19.6 Å². The lowest BCUT2D eigenvalue weighted by molar-refractivity contribution is -0.139. The predicted octanol–water partition coefficient (Wildman–Crippen LogP) is 5.60. The van der Waals surface area contributed by atoms with Gasteiger partial charge in [0.25, 0.3) is 11.7 Å². The Balaban J connectivity index is 1.68. The molecule has 3 aromatic rings. The molecule has 0 radical (unpaired) electrons. The standard InChI is InChI=1S/C30H31ClN2O4/c1-20-18-24(37-19-21-8-5-4-6-9-21)14-15-25(20)28(34)26-27(22-10-12-23(31)13-11-22)33(30(36)29(26)35)17-7-16-32(2)3/h4-6,8-15,18,27,34H,7,16-17,19H2,1-3H3/t27-/m0/s1. The third-order valence-corrected chi connectivity index (χ3v) is 6.68. The summed E-state index contributed by atoms with van der Waals surface area (Å²) in [4.78, 5) is 29.9. The number of benzene rings is 3. The lowest BCUT2D eigenvalue weighted by Gasteiger charge is -2.26. The van der Waals surface area contributed by atoms with Gasteiger partial charge in [-0.15, -0.1) is 0 Å². The van der Waals surface area contributed by atoms with Crippen LogP contribution < -0.4 is 4.74 Å². The van der Waals surface area contributed by atoms with E-state index in [-0.39, 0.29) is 11.3 Å². The highest BCUT2D eigenvalue weighted by molar-refractivity contribution is 6.46. The van der Waals surface area contributed by atoms with Crippen molar-refractivity contribution < 1.29 is 19.4 Å². The number of aliphatic hydroxyl groups is 1. The summed E-state index contributed by atoms with van der Waals surface area (Å²) in [5.41, 5.74) is 3.06. The fourth-order valence-electron chi connectivity index (χ4n) is 4.54. The summed E-state index contributed by atoms with van der Waals surface area (Å²) >= 11 is 6.10. The van der Waals surface area contributed by atoms with Gasteiger partial charge in [-0.25, -0.2) is 0 Å². The summed E-state index contributed by atoms with van der Waals surface area (Å²) in [5.74, 6) is -0.844. The molecule has 192 valence electrons. The number of ether oxygens (including phenoxy) is 1. The molecule has 1 amide bonds. The molecule has 0 saturated carbocycles. The number of Topliss-reactive ketones (excluding diaryl/α,β-unsaturated/α-hetero) is 1. The maximum atomic E-state index is 13.2. The van der Waals surface area contributed by atoms with Crippen molar-refractivity contribution in [2.24, 2.45) is 0 Å². The minimum Gasteiger partial charge on any atom is -0.507 e. The van der Waals surface area contributed by atoms with Crippen molar-refractivity contribution in [1.82, 2.24) is 9.80 Å². The van der Waals surface area contributed by atoms with Crippen LogP contribution in [0.2, 0.25) is 5.02 Å². The lowest BCUT2D eigenvalue weighted by Crippen LogP contribution is -2.32. The molecule has 4 rings (SSSR count). The van der Waals surface area contributed by atoms with Crippen molar-refractivity contribution in [2.45, 2.75) is 26.0 Å². The van der Waals surface area contributed by atoms with Gasteiger partial charge in [0.15, 0.2) is 0 Å². The zero-order valence-corrected chi connectivity index (χ0v) is 22.0. The third-order valence-electron chi connectivity index (χ3n) is 6.43. The minimum atomic E-state index is -0.701. The number of rotatable bonds is 9. The number of ketones is 1. The molecule has 1 saturated heterocycles. The number of aryl methyl sites for hydroxylation is 1. The molecule has 7 heteroatoms. The van der Waals surface area contributed by atoms with Gasteiger partial charge in [0.05, 0.1) is 11.6 Å². The molecule has 37 heavy (non-hydrogen) atoms. The number of halogens is 1. The maximum Gasteiger partial charge on any atom is 0.295 e. The van der Waals surface area contributed by atoms with Crippen LogP contribution in [0.15, 0.2) is 78.4 Å². The first-order chi connectivity index (χ1) is 17.8. The van der Waals surface area contributed by atoms with Crippen LogP contribution in [-0.2, 0) is 16.2 Å². The summed E-state index contributed by atoms with van der Waals surface area (Å²) in [6.45, 7) is 3.41. The molecule has 1 fully saturated rings. The Morgan fingerprint density at radius 1 is 1.03 bits per heavy atom. The average molecular weight is 519 g/mol. The maximum absolute atomic E-state index is 13.2. The summed E-state index contributed by atoms with van der Waals surface area (Å²) in [5, 5.41) is 12.0. The number of likely N-dealkylation sites (tertiary alicyclic amines) is 1. The SMILES string of the molecule is Cc1cc(OCc2ccccc2)ccc1C(O)=C1C(=O)C(=O)N(CCCN(C)C)[C@H]1c1ccc(Cl)cc1. The lowest BCUT2D eigenvalue weighted by atomic mass is 9.94. The topological polar surface area (TPSA) is 70.1 Å². The molecule has 0 aliphatic carbocycles. The highest BCUT2D eigenvalue weighted by atomic mass is 35.5. The Hall–Kier alpha value is -3.61. The number of nitrogens with zero attached hydrogens (tertiary/aromatic N) is 2. The van der Waals surface area contributed by atoms with E-state index in [1.807, 2.05) is 62.3 Å². The van der Waals surface area contributed by atoms with Gasteiger partial charge in [0, 0.05) is 17.1 Å². The van der Waals surface area contributed by atoms with E-state index >= 15 is 0 Å². The highest BCUT2D eigenvalue weighted by Gasteiger charge is 2.45. The minimum absolute atomic E-state index is 0.0817. The number of carbonyl (C=O) groups is 2. The van der Waals surface area contributed by atoms with Crippen molar-refractivity contribution in [3.63, 3.8) is 0 Å². The Bertz CT molecular complexity index is 1300. The fraction of sp³-hybridized carbons (Fsp3) is 0.267. The number of amides is 1. The van der Waals surface area contributed by atoms with Crippen LogP contribution in [0.4, 0.5) is 0 Å². The zero-order valence-electron chi connectivity index (χ0n) is 21.3. The molecule has 0 aromatic heterocycles. The molecule has 1 N–H and O–H groups in total. The van der Waals surface area contributed by atoms with E-state index in [1.165, 1.54) is 0 Å².